The molecule has 96 valence electrons. The SMILES string of the molecule is CC1CN(Cc2ccc(C#N)cc2)CC(CO)O1. The molecule has 1 N–H and O–H groups in total. The number of hydrogen-bond acceptors (Lipinski definition) is 4. The van der Waals surface area contributed by atoms with Crippen molar-refractivity contribution in [1.82, 2.24) is 4.90 Å². The van der Waals surface area contributed by atoms with Crippen LogP contribution in [0.3, 0.4) is 0 Å². The largest absolute Gasteiger partial charge is 0.394 e. The maximum atomic E-state index is 9.17. The van der Waals surface area contributed by atoms with Gasteiger partial charge in [-0.15, -0.1) is 0 Å². The average Bonchev–Trinajstić information content (AvgIpc) is 2.39. The van der Waals surface area contributed by atoms with Gasteiger partial charge < -0.3 is 9.84 Å². The Morgan fingerprint density at radius 1 is 1.39 bits per heavy atom. The molecule has 1 heterocycles. The monoisotopic (exact) mass is 246 g/mol. The Labute approximate surface area is 107 Å². The molecule has 18 heavy (non-hydrogen) atoms. The fourth-order valence-electron chi connectivity index (χ4n) is 2.31. The van der Waals surface area contributed by atoms with Crippen molar-refractivity contribution < 1.29 is 9.84 Å². The molecule has 4 heteroatoms. The molecular weight excluding hydrogens is 228 g/mol. The van der Waals surface area contributed by atoms with Crippen LogP contribution >= 0.6 is 0 Å². The first-order valence-electron chi connectivity index (χ1n) is 6.19. The summed E-state index contributed by atoms with van der Waals surface area (Å²) in [6.07, 6.45) is 0.0569. The lowest BCUT2D eigenvalue weighted by molar-refractivity contribution is -0.0972. The molecule has 1 aromatic rings. The van der Waals surface area contributed by atoms with Crippen LogP contribution in [-0.4, -0.2) is 41.9 Å². The average molecular weight is 246 g/mol. The highest BCUT2D eigenvalue weighted by Gasteiger charge is 2.24. The predicted molar refractivity (Wildman–Crippen MR) is 67.9 cm³/mol. The quantitative estimate of drug-likeness (QED) is 0.869. The minimum atomic E-state index is -0.0906. The van der Waals surface area contributed by atoms with E-state index in [1.54, 1.807) is 0 Å². The Kier molecular flexibility index (Phi) is 4.32. The van der Waals surface area contributed by atoms with Crippen LogP contribution in [0, 0.1) is 11.3 Å². The van der Waals surface area contributed by atoms with E-state index in [2.05, 4.69) is 11.0 Å². The maximum Gasteiger partial charge on any atom is 0.0991 e. The summed E-state index contributed by atoms with van der Waals surface area (Å²) in [6, 6.07) is 9.74. The highest BCUT2D eigenvalue weighted by Crippen LogP contribution is 2.14. The first kappa shape index (κ1) is 13.0. The van der Waals surface area contributed by atoms with Crippen LogP contribution in [-0.2, 0) is 11.3 Å². The zero-order chi connectivity index (χ0) is 13.0. The number of hydrogen-bond donors (Lipinski definition) is 1. The first-order chi connectivity index (χ1) is 8.71. The number of nitrogens with zero attached hydrogens (tertiary/aromatic N) is 2. The van der Waals surface area contributed by atoms with Crippen LogP contribution < -0.4 is 0 Å². The van der Waals surface area contributed by atoms with Crippen LogP contribution in [0.4, 0.5) is 0 Å². The molecule has 0 aromatic heterocycles. The summed E-state index contributed by atoms with van der Waals surface area (Å²) in [5.74, 6) is 0. The molecule has 0 amide bonds. The molecule has 0 aliphatic carbocycles. The number of ether oxygens (including phenoxy) is 1. The molecule has 1 saturated heterocycles. The number of benzene rings is 1. The third-order valence-electron chi connectivity index (χ3n) is 3.09. The summed E-state index contributed by atoms with van der Waals surface area (Å²) < 4.78 is 5.61. The molecule has 4 nitrogen and oxygen atoms in total. The lowest BCUT2D eigenvalue weighted by Gasteiger charge is -2.36. The van der Waals surface area contributed by atoms with Gasteiger partial charge in [-0.3, -0.25) is 4.90 Å². The number of nitriles is 1. The number of aliphatic hydroxyl groups is 1. The lowest BCUT2D eigenvalue weighted by Crippen LogP contribution is -2.47. The zero-order valence-corrected chi connectivity index (χ0v) is 10.5. The van der Waals surface area contributed by atoms with Gasteiger partial charge in [-0.05, 0) is 24.6 Å². The van der Waals surface area contributed by atoms with E-state index in [1.165, 1.54) is 5.56 Å². The second-order valence-corrected chi connectivity index (χ2v) is 4.75. The van der Waals surface area contributed by atoms with E-state index in [4.69, 9.17) is 10.00 Å². The molecule has 2 atom stereocenters. The number of morpholine rings is 1. The van der Waals surface area contributed by atoms with Crippen molar-refractivity contribution in [1.29, 1.82) is 5.26 Å². The molecule has 0 bridgehead atoms. The zero-order valence-electron chi connectivity index (χ0n) is 10.5. The molecule has 0 radical (unpaired) electrons. The van der Waals surface area contributed by atoms with Crippen molar-refractivity contribution >= 4 is 0 Å². The highest BCUT2D eigenvalue weighted by molar-refractivity contribution is 5.31. The van der Waals surface area contributed by atoms with Crippen molar-refractivity contribution in [3.8, 4) is 6.07 Å². The summed E-state index contributed by atoms with van der Waals surface area (Å²) in [6.45, 7) is 4.54. The number of aliphatic hydroxyl groups excluding tert-OH is 1. The van der Waals surface area contributed by atoms with Gasteiger partial charge >= 0.3 is 0 Å². The second kappa shape index (κ2) is 5.96. The summed E-state index contributed by atoms with van der Waals surface area (Å²) >= 11 is 0. The van der Waals surface area contributed by atoms with Gasteiger partial charge in [-0.1, -0.05) is 12.1 Å². The normalized spacial score (nSPS) is 24.7. The Bertz CT molecular complexity index is 424. The van der Waals surface area contributed by atoms with Gasteiger partial charge in [-0.2, -0.15) is 5.26 Å². The van der Waals surface area contributed by atoms with Gasteiger partial charge in [0.25, 0.3) is 0 Å². The van der Waals surface area contributed by atoms with Gasteiger partial charge in [0, 0.05) is 19.6 Å². The van der Waals surface area contributed by atoms with Crippen molar-refractivity contribution in [2.75, 3.05) is 19.7 Å². The Balaban J connectivity index is 1.97. The highest BCUT2D eigenvalue weighted by atomic mass is 16.5. The Morgan fingerprint density at radius 3 is 2.72 bits per heavy atom. The van der Waals surface area contributed by atoms with Crippen LogP contribution in [0.25, 0.3) is 0 Å². The first-order valence-corrected chi connectivity index (χ1v) is 6.19. The van der Waals surface area contributed by atoms with E-state index in [9.17, 15) is 5.11 Å². The van der Waals surface area contributed by atoms with Gasteiger partial charge in [-0.25, -0.2) is 0 Å². The fraction of sp³-hybridized carbons (Fsp3) is 0.500. The van der Waals surface area contributed by atoms with Gasteiger partial charge in [0.2, 0.25) is 0 Å². The van der Waals surface area contributed by atoms with E-state index >= 15 is 0 Å². The molecule has 1 aliphatic rings. The van der Waals surface area contributed by atoms with Crippen molar-refractivity contribution in [2.24, 2.45) is 0 Å². The minimum absolute atomic E-state index is 0.0637. The smallest absolute Gasteiger partial charge is 0.0991 e. The van der Waals surface area contributed by atoms with Crippen LogP contribution in [0.1, 0.15) is 18.1 Å². The van der Waals surface area contributed by atoms with Crippen LogP contribution in [0.2, 0.25) is 0 Å². The molecule has 0 spiro atoms. The lowest BCUT2D eigenvalue weighted by atomic mass is 10.1. The molecule has 1 aliphatic heterocycles. The van der Waals surface area contributed by atoms with Crippen molar-refractivity contribution in [3.63, 3.8) is 0 Å². The molecule has 0 saturated carbocycles. The third kappa shape index (κ3) is 3.30. The molecular formula is C14H18N2O2. The van der Waals surface area contributed by atoms with Gasteiger partial charge in [0.05, 0.1) is 30.4 Å². The molecule has 1 fully saturated rings. The number of rotatable bonds is 3. The molecule has 1 aromatic carbocycles. The van der Waals surface area contributed by atoms with Gasteiger partial charge in [0.1, 0.15) is 0 Å². The van der Waals surface area contributed by atoms with E-state index in [1.807, 2.05) is 31.2 Å². The van der Waals surface area contributed by atoms with Crippen LogP contribution in [0.15, 0.2) is 24.3 Å². The second-order valence-electron chi connectivity index (χ2n) is 4.75. The van der Waals surface area contributed by atoms with E-state index in [0.717, 1.165) is 19.6 Å². The van der Waals surface area contributed by atoms with Crippen molar-refractivity contribution in [3.05, 3.63) is 35.4 Å². The van der Waals surface area contributed by atoms with Crippen LogP contribution in [0.5, 0.6) is 0 Å². The van der Waals surface area contributed by atoms with Gasteiger partial charge in [0.15, 0.2) is 0 Å². The summed E-state index contributed by atoms with van der Waals surface area (Å²) in [7, 11) is 0. The fourth-order valence-corrected chi connectivity index (χ4v) is 2.31. The van der Waals surface area contributed by atoms with E-state index in [-0.39, 0.29) is 18.8 Å². The Hall–Kier alpha value is -1.41. The predicted octanol–water partition coefficient (Wildman–Crippen LogP) is 1.14. The third-order valence-corrected chi connectivity index (χ3v) is 3.09. The summed E-state index contributed by atoms with van der Waals surface area (Å²) in [4.78, 5) is 2.27. The Morgan fingerprint density at radius 2 is 2.11 bits per heavy atom. The standard InChI is InChI=1S/C14H18N2O2/c1-11-7-16(9-14(10-17)18-11)8-13-4-2-12(6-15)3-5-13/h2-5,11,14,17H,7-10H2,1H3. The summed E-state index contributed by atoms with van der Waals surface area (Å²) in [5, 5.41) is 17.9. The summed E-state index contributed by atoms with van der Waals surface area (Å²) in [5.41, 5.74) is 1.86. The maximum absolute atomic E-state index is 9.17. The van der Waals surface area contributed by atoms with E-state index < -0.39 is 0 Å². The topological polar surface area (TPSA) is 56.5 Å². The van der Waals surface area contributed by atoms with Crippen molar-refractivity contribution in [2.45, 2.75) is 25.7 Å². The molecule has 2 unspecified atom stereocenters. The molecule has 2 rings (SSSR count). The minimum Gasteiger partial charge on any atom is -0.394 e. The van der Waals surface area contributed by atoms with E-state index in [0.29, 0.717) is 5.56 Å².